The molecule has 3 aliphatic rings. The number of benzene rings is 3. The van der Waals surface area contributed by atoms with Gasteiger partial charge >= 0.3 is 0 Å². The van der Waals surface area contributed by atoms with Crippen LogP contribution in [-0.4, -0.2) is 109 Å². The van der Waals surface area contributed by atoms with Crippen molar-refractivity contribution in [1.29, 1.82) is 0 Å². The highest BCUT2D eigenvalue weighted by atomic mass is 35.5. The Morgan fingerprint density at radius 1 is 0.966 bits per heavy atom. The number of nitrogens with one attached hydrogen (secondary N) is 5. The van der Waals surface area contributed by atoms with Crippen LogP contribution in [0.2, 0.25) is 5.02 Å². The SMILES string of the molecule is CNC(=O)c1ccccc1Nc1nc(Nc2cc(C)c(N3CCN(C(=O)CN4CCC(c5ccc(NC6CCC(=O)NC6=O)cc5F)CC4)CC3)cc2OC)ncc1Cl. The number of likely N-dealkylation sites (tertiary alicyclic amines) is 1. The van der Waals surface area contributed by atoms with E-state index in [1.165, 1.54) is 12.3 Å². The molecule has 3 aliphatic heterocycles. The second kappa shape index (κ2) is 18.3. The van der Waals surface area contributed by atoms with Gasteiger partial charge in [0.05, 0.1) is 36.8 Å². The van der Waals surface area contributed by atoms with Crippen LogP contribution in [0, 0.1) is 12.7 Å². The molecule has 7 rings (SSSR count). The number of piperazine rings is 1. The van der Waals surface area contributed by atoms with Gasteiger partial charge in [-0.05, 0) is 86.7 Å². The largest absolute Gasteiger partial charge is 0.494 e. The molecule has 0 bridgehead atoms. The fraction of sp³-hybridized carbons (Fsp3) is 0.381. The molecule has 3 saturated heterocycles. The molecule has 0 spiro atoms. The maximum atomic E-state index is 15.2. The van der Waals surface area contributed by atoms with E-state index in [9.17, 15) is 19.2 Å². The van der Waals surface area contributed by atoms with Gasteiger partial charge in [0.15, 0.2) is 5.82 Å². The molecule has 0 saturated carbocycles. The standard InChI is InChI=1S/C42H48ClFN10O5/c1-25-20-34(49-42-46-23-30(43)39(51-42)48-32-7-5-4-6-29(32)40(57)45-2)36(59-3)22-35(25)53-16-18-54(19-17-53)38(56)24-52-14-12-26(13-15-52)28-9-8-27(21-31(28)44)47-33-10-11-37(55)50-41(33)58/h4-9,20-23,26,33,47H,10-19,24H2,1-3H3,(H,45,57)(H,50,55,58)(H2,46,48,49,51). The minimum atomic E-state index is -0.575. The zero-order valence-corrected chi connectivity index (χ0v) is 34.0. The van der Waals surface area contributed by atoms with Crippen molar-refractivity contribution in [3.8, 4) is 5.75 Å². The smallest absolute Gasteiger partial charge is 0.253 e. The number of piperidine rings is 2. The van der Waals surface area contributed by atoms with Gasteiger partial charge in [-0.1, -0.05) is 29.8 Å². The first kappa shape index (κ1) is 41.2. The summed E-state index contributed by atoms with van der Waals surface area (Å²) in [6, 6.07) is 15.4. The van der Waals surface area contributed by atoms with Gasteiger partial charge < -0.3 is 35.8 Å². The van der Waals surface area contributed by atoms with Crippen molar-refractivity contribution in [3.63, 3.8) is 0 Å². The van der Waals surface area contributed by atoms with E-state index in [1.54, 1.807) is 44.5 Å². The molecule has 1 unspecified atom stereocenters. The number of carbonyl (C=O) groups is 4. The van der Waals surface area contributed by atoms with Crippen molar-refractivity contribution in [1.82, 2.24) is 30.4 Å². The number of aryl methyl sites for hydroxylation is 1. The van der Waals surface area contributed by atoms with Crippen LogP contribution in [0.3, 0.4) is 0 Å². The molecule has 4 aromatic rings. The van der Waals surface area contributed by atoms with Crippen LogP contribution >= 0.6 is 11.6 Å². The van der Waals surface area contributed by atoms with Crippen LogP contribution < -0.4 is 36.2 Å². The molecule has 15 nitrogen and oxygen atoms in total. The number of carbonyl (C=O) groups excluding carboxylic acids is 4. The molecule has 1 atom stereocenters. The van der Waals surface area contributed by atoms with Crippen LogP contribution in [-0.2, 0) is 14.4 Å². The summed E-state index contributed by atoms with van der Waals surface area (Å²) >= 11 is 6.45. The first-order valence-corrected chi connectivity index (χ1v) is 20.1. The number of hydrogen-bond acceptors (Lipinski definition) is 12. The van der Waals surface area contributed by atoms with E-state index in [4.69, 9.17) is 16.3 Å². The second-order valence-corrected chi connectivity index (χ2v) is 15.3. The monoisotopic (exact) mass is 826 g/mol. The van der Waals surface area contributed by atoms with Crippen LogP contribution in [0.1, 0.15) is 53.1 Å². The normalized spacial score (nSPS) is 17.6. The number of ether oxygens (including phenoxy) is 1. The highest BCUT2D eigenvalue weighted by molar-refractivity contribution is 6.33. The van der Waals surface area contributed by atoms with Crippen molar-refractivity contribution >= 4 is 69.7 Å². The molecule has 4 amide bonds. The highest BCUT2D eigenvalue weighted by Crippen LogP contribution is 2.36. The predicted octanol–water partition coefficient (Wildman–Crippen LogP) is 5.18. The summed E-state index contributed by atoms with van der Waals surface area (Å²) in [5, 5.41) is 14.7. The van der Waals surface area contributed by atoms with Crippen molar-refractivity contribution in [2.24, 2.45) is 0 Å². The lowest BCUT2D eigenvalue weighted by molar-refractivity contribution is -0.134. The molecule has 3 fully saturated rings. The molecular formula is C42H48ClFN10O5. The Morgan fingerprint density at radius 2 is 1.73 bits per heavy atom. The molecule has 17 heteroatoms. The fourth-order valence-corrected chi connectivity index (χ4v) is 7.98. The predicted molar refractivity (Wildman–Crippen MR) is 225 cm³/mol. The van der Waals surface area contributed by atoms with Crippen molar-refractivity contribution in [2.45, 2.75) is 44.6 Å². The first-order valence-electron chi connectivity index (χ1n) is 19.7. The molecule has 0 radical (unpaired) electrons. The third kappa shape index (κ3) is 9.66. The summed E-state index contributed by atoms with van der Waals surface area (Å²) in [5.41, 5.74) is 4.78. The number of nitrogens with zero attached hydrogens (tertiary/aromatic N) is 5. The Labute approximate surface area is 347 Å². The lowest BCUT2D eigenvalue weighted by Crippen LogP contribution is -2.52. The summed E-state index contributed by atoms with van der Waals surface area (Å²) < 4.78 is 21.0. The summed E-state index contributed by atoms with van der Waals surface area (Å²) in [6.45, 7) is 6.20. The van der Waals surface area contributed by atoms with Gasteiger partial charge in [-0.15, -0.1) is 0 Å². The van der Waals surface area contributed by atoms with E-state index in [0.29, 0.717) is 92.0 Å². The van der Waals surface area contributed by atoms with Gasteiger partial charge in [-0.25, -0.2) is 9.37 Å². The lowest BCUT2D eigenvalue weighted by Gasteiger charge is -2.38. The van der Waals surface area contributed by atoms with E-state index in [2.05, 4.69) is 46.4 Å². The number of anilines is 6. The van der Waals surface area contributed by atoms with E-state index in [-0.39, 0.29) is 46.8 Å². The number of halogens is 2. The number of para-hydroxylation sites is 1. The minimum Gasteiger partial charge on any atom is -0.494 e. The quantitative estimate of drug-likeness (QED) is 0.119. The third-order valence-corrected chi connectivity index (χ3v) is 11.4. The Bertz CT molecular complexity index is 2230. The molecule has 310 valence electrons. The summed E-state index contributed by atoms with van der Waals surface area (Å²) in [7, 11) is 3.16. The van der Waals surface area contributed by atoms with Crippen LogP contribution in [0.25, 0.3) is 0 Å². The van der Waals surface area contributed by atoms with E-state index in [1.807, 2.05) is 30.0 Å². The van der Waals surface area contributed by atoms with Gasteiger partial charge in [0, 0.05) is 57.1 Å². The molecule has 1 aromatic heterocycles. The summed E-state index contributed by atoms with van der Waals surface area (Å²) in [4.78, 5) is 64.6. The molecule has 5 N–H and O–H groups in total. The molecular weight excluding hydrogens is 779 g/mol. The Balaban J connectivity index is 0.904. The molecule has 0 aliphatic carbocycles. The van der Waals surface area contributed by atoms with Gasteiger partial charge in [0.2, 0.25) is 23.7 Å². The topological polar surface area (TPSA) is 173 Å². The summed E-state index contributed by atoms with van der Waals surface area (Å²) in [5.74, 6) is 0.0434. The van der Waals surface area contributed by atoms with Crippen LogP contribution in [0.5, 0.6) is 5.75 Å². The van der Waals surface area contributed by atoms with Crippen molar-refractivity contribution in [3.05, 3.63) is 88.3 Å². The number of methoxy groups -OCH3 is 1. The van der Waals surface area contributed by atoms with Gasteiger partial charge in [-0.3, -0.25) is 29.4 Å². The van der Waals surface area contributed by atoms with E-state index in [0.717, 1.165) is 24.1 Å². The highest BCUT2D eigenvalue weighted by Gasteiger charge is 2.29. The van der Waals surface area contributed by atoms with Crippen LogP contribution in [0.4, 0.5) is 38.9 Å². The number of rotatable bonds is 12. The average Bonchev–Trinajstić information content (AvgIpc) is 3.23. The third-order valence-electron chi connectivity index (χ3n) is 11.1. The Kier molecular flexibility index (Phi) is 12.8. The Morgan fingerprint density at radius 3 is 2.44 bits per heavy atom. The average molecular weight is 827 g/mol. The number of aromatic nitrogens is 2. The van der Waals surface area contributed by atoms with Crippen molar-refractivity contribution in [2.75, 3.05) is 80.8 Å². The minimum absolute atomic E-state index is 0.0362. The maximum Gasteiger partial charge on any atom is 0.253 e. The summed E-state index contributed by atoms with van der Waals surface area (Å²) in [6.07, 6.45) is 3.56. The van der Waals surface area contributed by atoms with Crippen molar-refractivity contribution < 1.29 is 28.3 Å². The fourth-order valence-electron chi connectivity index (χ4n) is 7.84. The van der Waals surface area contributed by atoms with Gasteiger partial charge in [0.1, 0.15) is 22.6 Å². The second-order valence-electron chi connectivity index (χ2n) is 14.9. The number of hydrogen-bond donors (Lipinski definition) is 5. The zero-order chi connectivity index (χ0) is 41.6. The first-order chi connectivity index (χ1) is 28.5. The number of amides is 4. The number of imide groups is 1. The van der Waals surface area contributed by atoms with Gasteiger partial charge in [0.25, 0.3) is 5.91 Å². The molecule has 3 aromatic carbocycles. The van der Waals surface area contributed by atoms with Crippen LogP contribution in [0.15, 0.2) is 60.8 Å². The zero-order valence-electron chi connectivity index (χ0n) is 33.2. The Hall–Kier alpha value is -6.00. The maximum absolute atomic E-state index is 15.2. The molecule has 59 heavy (non-hydrogen) atoms. The van der Waals surface area contributed by atoms with Gasteiger partial charge in [-0.2, -0.15) is 4.98 Å². The van der Waals surface area contributed by atoms with E-state index < -0.39 is 11.9 Å². The molecule has 4 heterocycles. The lowest BCUT2D eigenvalue weighted by atomic mass is 9.89. The van der Waals surface area contributed by atoms with E-state index >= 15 is 4.39 Å².